The number of hydrogen-bond acceptors (Lipinski definition) is 8. The zero-order valence-electron chi connectivity index (χ0n) is 25.4. The van der Waals surface area contributed by atoms with Crippen LogP contribution < -0.4 is 14.2 Å². The highest BCUT2D eigenvalue weighted by molar-refractivity contribution is 6.04. The van der Waals surface area contributed by atoms with Gasteiger partial charge in [0.1, 0.15) is 40.9 Å². The molecule has 1 amide bonds. The van der Waals surface area contributed by atoms with Gasteiger partial charge in [0, 0.05) is 43.3 Å². The third-order valence-electron chi connectivity index (χ3n) is 7.78. The van der Waals surface area contributed by atoms with Crippen molar-refractivity contribution in [2.45, 2.75) is 31.9 Å². The molecular weight excluding hydrogens is 633 g/mol. The Labute approximate surface area is 263 Å². The van der Waals surface area contributed by atoms with Crippen molar-refractivity contribution < 1.29 is 46.1 Å². The molecule has 0 aliphatic carbocycles. The third-order valence-corrected chi connectivity index (χ3v) is 7.78. The van der Waals surface area contributed by atoms with Crippen LogP contribution in [-0.4, -0.2) is 84.0 Å². The van der Waals surface area contributed by atoms with E-state index in [2.05, 4.69) is 20.2 Å². The number of β-amino-alcohol motifs (C(OH)–C–C–N with tert-alkyl or cyclic N) is 1. The monoisotopic (exact) mass is 661 g/mol. The number of carbonyl (C=O) groups is 1. The first-order valence-corrected chi connectivity index (χ1v) is 14.1. The summed E-state index contributed by atoms with van der Waals surface area (Å²) in [6, 6.07) is 6.10. The van der Waals surface area contributed by atoms with Gasteiger partial charge in [0.25, 0.3) is 5.91 Å². The van der Waals surface area contributed by atoms with Gasteiger partial charge in [-0.2, -0.15) is 32.1 Å². The maximum Gasteiger partial charge on any atom is 0.420 e. The fourth-order valence-corrected chi connectivity index (χ4v) is 5.44. The molecule has 1 saturated heterocycles. The standard InChI is InChI=1S/C30H28F5N7O5/c1-15-9-36-23(38-15)12-46-21-6-16(18-10-37-40(2)11-18)5-19-24(21)26(39-41(19)3)17-7-20(45-4)25(22(8-17)47-28(31)32)27(43)42-13-29(44,14-42)30(33,34)35/h5-11,28,44H,12-14H2,1-4H3,(H,36,38). The van der Waals surface area contributed by atoms with Gasteiger partial charge < -0.3 is 29.2 Å². The molecule has 0 atom stereocenters. The second kappa shape index (κ2) is 11.6. The molecule has 1 aliphatic heterocycles. The molecule has 47 heavy (non-hydrogen) atoms. The summed E-state index contributed by atoms with van der Waals surface area (Å²) in [5.74, 6) is -1.09. The molecule has 0 spiro atoms. The van der Waals surface area contributed by atoms with E-state index in [1.54, 1.807) is 41.9 Å². The SMILES string of the molecule is COc1cc(-c2nn(C)c3cc(-c4cnn(C)c4)cc(OCc4ncc(C)[nH]4)c23)cc(OC(F)F)c1C(=O)N1CC(O)(C(F)(F)F)C1. The largest absolute Gasteiger partial charge is 0.496 e. The molecule has 1 aliphatic rings. The Morgan fingerprint density at radius 2 is 1.77 bits per heavy atom. The van der Waals surface area contributed by atoms with Crippen molar-refractivity contribution >= 4 is 16.8 Å². The van der Waals surface area contributed by atoms with Crippen molar-refractivity contribution in [3.63, 3.8) is 0 Å². The van der Waals surface area contributed by atoms with Gasteiger partial charge in [0.05, 0.1) is 37.3 Å². The molecule has 0 unspecified atom stereocenters. The first kappa shape index (κ1) is 31.8. The third kappa shape index (κ3) is 5.82. The van der Waals surface area contributed by atoms with Gasteiger partial charge in [-0.1, -0.05) is 0 Å². The number of carbonyl (C=O) groups excluding carboxylic acids is 1. The number of fused-ring (bicyclic) bond motifs is 1. The second-order valence-electron chi connectivity index (χ2n) is 11.2. The Bertz CT molecular complexity index is 1980. The minimum atomic E-state index is -4.99. The van der Waals surface area contributed by atoms with E-state index in [1.807, 2.05) is 19.2 Å². The molecule has 4 heterocycles. The minimum Gasteiger partial charge on any atom is -0.496 e. The first-order valence-electron chi connectivity index (χ1n) is 14.1. The summed E-state index contributed by atoms with van der Waals surface area (Å²) in [7, 11) is 4.62. The summed E-state index contributed by atoms with van der Waals surface area (Å²) < 4.78 is 86.6. The first-order chi connectivity index (χ1) is 22.2. The van der Waals surface area contributed by atoms with Gasteiger partial charge in [-0.25, -0.2) is 4.98 Å². The van der Waals surface area contributed by atoms with Gasteiger partial charge in [-0.3, -0.25) is 14.2 Å². The number of nitrogens with zero attached hydrogens (tertiary/aromatic N) is 6. The average Bonchev–Trinajstić information content (AvgIpc) is 3.70. The van der Waals surface area contributed by atoms with Crippen molar-refractivity contribution in [1.82, 2.24) is 34.4 Å². The lowest BCUT2D eigenvalue weighted by Crippen LogP contribution is -2.70. The van der Waals surface area contributed by atoms with Crippen molar-refractivity contribution in [2.75, 3.05) is 20.2 Å². The van der Waals surface area contributed by atoms with E-state index in [-0.39, 0.29) is 23.6 Å². The van der Waals surface area contributed by atoms with E-state index >= 15 is 0 Å². The molecule has 0 saturated carbocycles. The summed E-state index contributed by atoms with van der Waals surface area (Å²) in [5, 5.41) is 19.2. The number of aliphatic hydroxyl groups is 1. The van der Waals surface area contributed by atoms with E-state index in [4.69, 9.17) is 14.2 Å². The Morgan fingerprint density at radius 1 is 1.06 bits per heavy atom. The number of aromatic amines is 1. The number of rotatable bonds is 9. The number of alkyl halides is 5. The summed E-state index contributed by atoms with van der Waals surface area (Å²) in [6.45, 7) is -3.69. The summed E-state index contributed by atoms with van der Waals surface area (Å²) in [4.78, 5) is 21.4. The van der Waals surface area contributed by atoms with E-state index < -0.39 is 48.7 Å². The van der Waals surface area contributed by atoms with Gasteiger partial charge in [-0.15, -0.1) is 0 Å². The molecule has 17 heteroatoms. The van der Waals surface area contributed by atoms with Crippen molar-refractivity contribution in [2.24, 2.45) is 14.1 Å². The molecule has 5 aromatic rings. The lowest BCUT2D eigenvalue weighted by molar-refractivity contribution is -0.294. The quantitative estimate of drug-likeness (QED) is 0.219. The van der Waals surface area contributed by atoms with Crippen LogP contribution in [0.1, 0.15) is 21.9 Å². The molecule has 6 rings (SSSR count). The zero-order valence-corrected chi connectivity index (χ0v) is 25.4. The highest BCUT2D eigenvalue weighted by atomic mass is 19.4. The smallest absolute Gasteiger partial charge is 0.420 e. The molecule has 2 N–H and O–H groups in total. The molecule has 3 aromatic heterocycles. The number of aryl methyl sites for hydroxylation is 3. The molecule has 248 valence electrons. The number of benzene rings is 2. The van der Waals surface area contributed by atoms with Crippen LogP contribution >= 0.6 is 0 Å². The second-order valence-corrected chi connectivity index (χ2v) is 11.2. The fourth-order valence-electron chi connectivity index (χ4n) is 5.44. The van der Waals surface area contributed by atoms with Gasteiger partial charge in [0.2, 0.25) is 0 Å². The van der Waals surface area contributed by atoms with Crippen LogP contribution in [0.15, 0.2) is 42.9 Å². The lowest BCUT2D eigenvalue weighted by atomic mass is 9.92. The van der Waals surface area contributed by atoms with Crippen LogP contribution in [0.25, 0.3) is 33.3 Å². The number of hydrogen-bond donors (Lipinski definition) is 2. The summed E-state index contributed by atoms with van der Waals surface area (Å²) in [5.41, 5.74) is -0.267. The fraction of sp³-hybridized carbons (Fsp3) is 0.333. The number of methoxy groups -OCH3 is 1. The summed E-state index contributed by atoms with van der Waals surface area (Å²) >= 11 is 0. The predicted molar refractivity (Wildman–Crippen MR) is 156 cm³/mol. The number of aromatic nitrogens is 6. The Balaban J connectivity index is 1.47. The average molecular weight is 662 g/mol. The molecule has 0 radical (unpaired) electrons. The maximum absolute atomic E-state index is 13.7. The molecular formula is C30H28F5N7O5. The summed E-state index contributed by atoms with van der Waals surface area (Å²) in [6.07, 6.45) is 0.159. The normalized spacial score (nSPS) is 14.5. The van der Waals surface area contributed by atoms with Crippen LogP contribution in [0.2, 0.25) is 0 Å². The number of likely N-dealkylation sites (tertiary alicyclic amines) is 1. The number of halogens is 5. The van der Waals surface area contributed by atoms with Crippen LogP contribution in [0.4, 0.5) is 22.0 Å². The highest BCUT2D eigenvalue weighted by Gasteiger charge is 2.62. The van der Waals surface area contributed by atoms with Crippen molar-refractivity contribution in [1.29, 1.82) is 0 Å². The number of nitrogens with one attached hydrogen (secondary N) is 1. The lowest BCUT2D eigenvalue weighted by Gasteiger charge is -2.46. The molecule has 1 fully saturated rings. The minimum absolute atomic E-state index is 0.0460. The maximum atomic E-state index is 13.7. The van der Waals surface area contributed by atoms with Crippen molar-refractivity contribution in [3.05, 3.63) is 59.9 Å². The Morgan fingerprint density at radius 3 is 2.36 bits per heavy atom. The topological polar surface area (TPSA) is 133 Å². The Hall–Kier alpha value is -5.19. The number of amides is 1. The number of imidazole rings is 1. The molecule has 0 bridgehead atoms. The molecule has 12 nitrogen and oxygen atoms in total. The van der Waals surface area contributed by atoms with Crippen LogP contribution in [0.5, 0.6) is 17.2 Å². The predicted octanol–water partition coefficient (Wildman–Crippen LogP) is 4.61. The highest BCUT2D eigenvalue weighted by Crippen LogP contribution is 2.44. The van der Waals surface area contributed by atoms with E-state index in [1.165, 1.54) is 13.2 Å². The number of ether oxygens (including phenoxy) is 3. The Kier molecular flexibility index (Phi) is 7.81. The zero-order chi connectivity index (χ0) is 33.8. The van der Waals surface area contributed by atoms with Gasteiger partial charge in [-0.05, 0) is 36.8 Å². The van der Waals surface area contributed by atoms with Gasteiger partial charge in [0.15, 0.2) is 5.60 Å². The van der Waals surface area contributed by atoms with Crippen LogP contribution in [0, 0.1) is 6.92 Å². The van der Waals surface area contributed by atoms with E-state index in [0.717, 1.165) is 22.9 Å². The number of H-pyrrole nitrogens is 1. The van der Waals surface area contributed by atoms with Gasteiger partial charge >= 0.3 is 12.8 Å². The van der Waals surface area contributed by atoms with Crippen molar-refractivity contribution in [3.8, 4) is 39.6 Å². The van der Waals surface area contributed by atoms with Crippen LogP contribution in [-0.2, 0) is 20.7 Å². The van der Waals surface area contributed by atoms with Crippen LogP contribution in [0.3, 0.4) is 0 Å². The molecule has 2 aromatic carbocycles. The van der Waals surface area contributed by atoms with E-state index in [0.29, 0.717) is 27.4 Å². The van der Waals surface area contributed by atoms with E-state index in [9.17, 15) is 31.9 Å².